The molecular weight excluding hydrogens is 658 g/mol. The molecule has 2 aromatic carbocycles. The quantitative estimate of drug-likeness (QED) is 0.141. The lowest BCUT2D eigenvalue weighted by Crippen LogP contribution is -2.67. The highest BCUT2D eigenvalue weighted by molar-refractivity contribution is 5.74. The van der Waals surface area contributed by atoms with Crippen molar-refractivity contribution in [2.75, 3.05) is 13.7 Å². The van der Waals surface area contributed by atoms with E-state index in [0.29, 0.717) is 11.1 Å². The second kappa shape index (κ2) is 15.7. The number of methoxy groups -OCH3 is 1. The summed E-state index contributed by atoms with van der Waals surface area (Å²) in [4.78, 5) is 23.0. The third-order valence-electron chi connectivity index (χ3n) is 8.38. The van der Waals surface area contributed by atoms with Gasteiger partial charge >= 0.3 is 5.97 Å². The fraction of sp³-hybridized carbons (Fsp3) is 0.548. The van der Waals surface area contributed by atoms with E-state index in [0.717, 1.165) is 7.11 Å². The van der Waals surface area contributed by atoms with Crippen molar-refractivity contribution >= 4 is 11.9 Å². The molecule has 0 spiro atoms. The van der Waals surface area contributed by atoms with Gasteiger partial charge in [0.25, 0.3) is 0 Å². The standard InChI is InChI=1S/C16H27NO11.C15H14O6/c1-5-8(17-6(2)19)12(9(20)7(4-18)26-5)27-16-11(22)10(21)13(25-3)14(28-16)15(23)24;16-8-4-11(18)9-6-13(20)15(21-14(9)5-8)7-1-2-10(17)12(19)3-7/h5,7-14,16,18,20-22H,4H2,1-3H3,(H,17,19)(H,23,24);1-5,13,15-20H,6H2/t5-,7?,8?,9+,10+,11?,12+,13-,14?,16+;13-,15+/m00/s1. The summed E-state index contributed by atoms with van der Waals surface area (Å²) in [6, 6.07) is 5.77. The largest absolute Gasteiger partial charge is 0.508 e. The van der Waals surface area contributed by atoms with Crippen molar-refractivity contribution in [1.29, 1.82) is 0 Å². The highest BCUT2D eigenvalue weighted by Crippen LogP contribution is 2.42. The molecule has 0 radical (unpaired) electrons. The summed E-state index contributed by atoms with van der Waals surface area (Å²) >= 11 is 0. The SMILES string of the molecule is CO[C@@H]1C(C(=O)O)O[C@@H](O[C@@H]2C(NC(C)=O)[C@H](C)OC(CO)[C@H]2O)C(O)[C@H]1O.Oc1cc(O)c2c(c1)O[C@H](c1ccc(O)c(O)c1)[C@@H](O)C2. The van der Waals surface area contributed by atoms with Gasteiger partial charge in [0.1, 0.15) is 60.0 Å². The average molecular weight is 700 g/mol. The van der Waals surface area contributed by atoms with E-state index in [2.05, 4.69) is 5.32 Å². The van der Waals surface area contributed by atoms with Crippen LogP contribution < -0.4 is 10.1 Å². The molecule has 2 aromatic rings. The lowest BCUT2D eigenvalue weighted by Gasteiger charge is -2.47. The number of aliphatic hydroxyl groups is 5. The van der Waals surface area contributed by atoms with Crippen LogP contribution in [0.2, 0.25) is 0 Å². The predicted octanol–water partition coefficient (Wildman–Crippen LogP) is -1.89. The number of phenolic OH excluding ortho intramolecular Hbond substituents is 4. The van der Waals surface area contributed by atoms with Gasteiger partial charge in [-0.1, -0.05) is 6.07 Å². The van der Waals surface area contributed by atoms with Crippen LogP contribution in [0.3, 0.4) is 0 Å². The van der Waals surface area contributed by atoms with Crippen LogP contribution in [0.15, 0.2) is 30.3 Å². The normalized spacial score (nSPS) is 34.0. The van der Waals surface area contributed by atoms with Crippen molar-refractivity contribution in [2.24, 2.45) is 0 Å². The van der Waals surface area contributed by atoms with Gasteiger partial charge in [-0.05, 0) is 24.6 Å². The molecule has 0 saturated carbocycles. The maximum Gasteiger partial charge on any atom is 0.335 e. The predicted molar refractivity (Wildman–Crippen MR) is 162 cm³/mol. The molecule has 2 fully saturated rings. The summed E-state index contributed by atoms with van der Waals surface area (Å²) in [6.45, 7) is 2.28. The first-order chi connectivity index (χ1) is 23.1. The summed E-state index contributed by atoms with van der Waals surface area (Å²) in [5, 5.41) is 101. The zero-order valence-corrected chi connectivity index (χ0v) is 26.6. The Hall–Kier alpha value is -3.98. The molecular formula is C31H41NO17. The molecule has 5 rings (SSSR count). The van der Waals surface area contributed by atoms with E-state index in [1.54, 1.807) is 6.92 Å². The number of hydrogen-bond donors (Lipinski definition) is 11. The number of carboxylic acid groups (broad SMARTS) is 1. The van der Waals surface area contributed by atoms with Crippen LogP contribution in [-0.2, 0) is 35.0 Å². The number of hydrogen-bond acceptors (Lipinski definition) is 16. The third-order valence-corrected chi connectivity index (χ3v) is 8.38. The second-order valence-corrected chi connectivity index (χ2v) is 11.8. The van der Waals surface area contributed by atoms with Crippen LogP contribution in [0.25, 0.3) is 0 Å². The molecule has 1 amide bonds. The van der Waals surface area contributed by atoms with Crippen LogP contribution in [0, 0.1) is 0 Å². The minimum Gasteiger partial charge on any atom is -0.508 e. The molecule has 12 atom stereocenters. The number of benzene rings is 2. The first-order valence-electron chi connectivity index (χ1n) is 15.1. The zero-order valence-electron chi connectivity index (χ0n) is 26.6. The van der Waals surface area contributed by atoms with E-state index in [1.165, 1.54) is 37.3 Å². The maximum absolute atomic E-state index is 11.5. The smallest absolute Gasteiger partial charge is 0.335 e. The zero-order chi connectivity index (χ0) is 36.3. The van der Waals surface area contributed by atoms with Crippen molar-refractivity contribution in [3.05, 3.63) is 41.5 Å². The van der Waals surface area contributed by atoms with Gasteiger partial charge in [0.05, 0.1) is 24.9 Å². The lowest BCUT2D eigenvalue weighted by molar-refractivity contribution is -0.327. The number of carbonyl (C=O) groups is 2. The first kappa shape index (κ1) is 37.8. The average Bonchev–Trinajstić information content (AvgIpc) is 3.04. The number of carbonyl (C=O) groups excluding carboxylic acids is 1. The van der Waals surface area contributed by atoms with Gasteiger partial charge in [0.2, 0.25) is 5.91 Å². The molecule has 3 heterocycles. The number of aromatic hydroxyl groups is 4. The maximum atomic E-state index is 11.5. The number of aliphatic carboxylic acids is 1. The number of aliphatic hydroxyl groups excluding tert-OH is 5. The van der Waals surface area contributed by atoms with Gasteiger partial charge in [0, 0.05) is 38.2 Å². The molecule has 3 aliphatic rings. The van der Waals surface area contributed by atoms with E-state index in [1.807, 2.05) is 0 Å². The Morgan fingerprint density at radius 3 is 2.20 bits per heavy atom. The Morgan fingerprint density at radius 2 is 1.61 bits per heavy atom. The number of ether oxygens (including phenoxy) is 5. The van der Waals surface area contributed by atoms with Gasteiger partial charge in [-0.2, -0.15) is 0 Å². The Labute approximate surface area is 279 Å². The molecule has 4 unspecified atom stereocenters. The number of phenols is 4. The summed E-state index contributed by atoms with van der Waals surface area (Å²) in [5.41, 5.74) is 0.894. The Balaban J connectivity index is 0.000000229. The van der Waals surface area contributed by atoms with Crippen molar-refractivity contribution in [1.82, 2.24) is 5.32 Å². The van der Waals surface area contributed by atoms with Gasteiger partial charge in [-0.25, -0.2) is 4.79 Å². The van der Waals surface area contributed by atoms with E-state index in [-0.39, 0.29) is 35.2 Å². The van der Waals surface area contributed by atoms with Gasteiger partial charge in [0.15, 0.2) is 23.9 Å². The summed E-state index contributed by atoms with van der Waals surface area (Å²) in [6.07, 6.45) is -13.9. The Bertz CT molecular complexity index is 1470. The van der Waals surface area contributed by atoms with Crippen LogP contribution in [0.5, 0.6) is 28.7 Å². The van der Waals surface area contributed by atoms with E-state index >= 15 is 0 Å². The molecule has 18 heteroatoms. The van der Waals surface area contributed by atoms with Gasteiger partial charge in [-0.3, -0.25) is 4.79 Å². The molecule has 3 aliphatic heterocycles. The fourth-order valence-corrected chi connectivity index (χ4v) is 5.91. The van der Waals surface area contributed by atoms with E-state index in [4.69, 9.17) is 23.7 Å². The second-order valence-electron chi connectivity index (χ2n) is 11.8. The topological polar surface area (TPSA) is 295 Å². The van der Waals surface area contributed by atoms with Crippen LogP contribution >= 0.6 is 0 Å². The molecule has 0 aromatic heterocycles. The van der Waals surface area contributed by atoms with E-state index in [9.17, 15) is 60.7 Å². The molecule has 2 saturated heterocycles. The molecule has 0 bridgehead atoms. The Kier molecular flexibility index (Phi) is 12.1. The third kappa shape index (κ3) is 8.26. The van der Waals surface area contributed by atoms with Crippen molar-refractivity contribution in [3.8, 4) is 28.7 Å². The highest BCUT2D eigenvalue weighted by atomic mass is 16.7. The fourth-order valence-electron chi connectivity index (χ4n) is 5.91. The Morgan fingerprint density at radius 1 is 0.918 bits per heavy atom. The van der Waals surface area contributed by atoms with Gasteiger partial charge < -0.3 is 80.1 Å². The minimum atomic E-state index is -1.70. The number of nitrogens with one attached hydrogen (secondary N) is 1. The summed E-state index contributed by atoms with van der Waals surface area (Å²) < 4.78 is 26.9. The summed E-state index contributed by atoms with van der Waals surface area (Å²) in [5.74, 6) is -2.48. The van der Waals surface area contributed by atoms with Crippen molar-refractivity contribution in [3.63, 3.8) is 0 Å². The molecule has 18 nitrogen and oxygen atoms in total. The number of rotatable bonds is 7. The monoisotopic (exact) mass is 699 g/mol. The van der Waals surface area contributed by atoms with Crippen molar-refractivity contribution < 1.29 is 84.3 Å². The van der Waals surface area contributed by atoms with Crippen LogP contribution in [-0.4, -0.2) is 144 Å². The molecule has 49 heavy (non-hydrogen) atoms. The summed E-state index contributed by atoms with van der Waals surface area (Å²) in [7, 11) is 1.16. The van der Waals surface area contributed by atoms with E-state index < -0.39 is 91.9 Å². The van der Waals surface area contributed by atoms with Crippen molar-refractivity contribution in [2.45, 2.75) is 93.6 Å². The number of amides is 1. The highest BCUT2D eigenvalue weighted by Gasteiger charge is 2.52. The molecule has 11 N–H and O–H groups in total. The number of carboxylic acids is 1. The van der Waals surface area contributed by atoms with Crippen LogP contribution in [0.4, 0.5) is 0 Å². The van der Waals surface area contributed by atoms with Crippen LogP contribution in [0.1, 0.15) is 31.1 Å². The lowest BCUT2D eigenvalue weighted by atomic mass is 9.92. The number of fused-ring (bicyclic) bond motifs is 1. The molecule has 272 valence electrons. The van der Waals surface area contributed by atoms with Gasteiger partial charge in [-0.15, -0.1) is 0 Å². The first-order valence-corrected chi connectivity index (χ1v) is 15.1. The minimum absolute atomic E-state index is 0.143. The molecule has 0 aliphatic carbocycles.